The van der Waals surface area contributed by atoms with Crippen LogP contribution in [0.3, 0.4) is 0 Å². The minimum atomic E-state index is -0.412. The molecule has 164 valence electrons. The Morgan fingerprint density at radius 2 is 2.21 bits per heavy atom. The highest BCUT2D eigenvalue weighted by Crippen LogP contribution is 2.35. The SMILES string of the molecule is N#CCC(C1CCN(c2nc3cccc(F)c3o2)C1)n1ccc(-c2ncnc3[nH]ccc23)c1. The molecule has 0 amide bonds. The standard InChI is InChI=1S/C24H20FN7O/c25-18-2-1-3-19-22(18)33-24(30-19)32-11-6-15(12-32)20(4-8-26)31-10-7-16(13-31)21-17-5-9-27-23(17)29-14-28-21/h1-3,5,7,9-10,13-15,20H,4,6,11-12H2,(H,27,28,29). The van der Waals surface area contributed by atoms with Crippen molar-refractivity contribution in [1.82, 2.24) is 24.5 Å². The Morgan fingerprint density at radius 3 is 3.09 bits per heavy atom. The molecule has 0 aliphatic carbocycles. The fraction of sp³-hybridized carbons (Fsp3) is 0.250. The zero-order chi connectivity index (χ0) is 22.4. The van der Waals surface area contributed by atoms with E-state index >= 15 is 0 Å². The topological polar surface area (TPSA) is 99.6 Å². The smallest absolute Gasteiger partial charge is 0.298 e. The number of oxazole rings is 1. The van der Waals surface area contributed by atoms with Crippen molar-refractivity contribution >= 4 is 28.1 Å². The fourth-order valence-corrected chi connectivity index (χ4v) is 4.78. The van der Waals surface area contributed by atoms with Crippen LogP contribution < -0.4 is 4.90 Å². The largest absolute Gasteiger partial charge is 0.420 e. The molecule has 5 heterocycles. The van der Waals surface area contributed by atoms with E-state index in [9.17, 15) is 9.65 Å². The lowest BCUT2D eigenvalue weighted by Crippen LogP contribution is -2.24. The summed E-state index contributed by atoms with van der Waals surface area (Å²) in [6.45, 7) is 1.43. The number of nitriles is 1. The normalized spacial score (nSPS) is 17.1. The maximum atomic E-state index is 14.0. The van der Waals surface area contributed by atoms with Crippen molar-refractivity contribution in [2.45, 2.75) is 18.9 Å². The average Bonchev–Trinajstić information content (AvgIpc) is 3.62. The summed E-state index contributed by atoms with van der Waals surface area (Å²) in [6.07, 6.45) is 8.73. The van der Waals surface area contributed by atoms with E-state index in [1.54, 1.807) is 18.5 Å². The summed E-state index contributed by atoms with van der Waals surface area (Å²) in [5, 5.41) is 10.5. The Bertz CT molecular complexity index is 1490. The summed E-state index contributed by atoms with van der Waals surface area (Å²) in [4.78, 5) is 18.3. The van der Waals surface area contributed by atoms with Crippen LogP contribution in [0.2, 0.25) is 0 Å². The quantitative estimate of drug-likeness (QED) is 0.425. The molecule has 5 aromatic rings. The monoisotopic (exact) mass is 441 g/mol. The van der Waals surface area contributed by atoms with Crippen molar-refractivity contribution in [1.29, 1.82) is 5.26 Å². The number of benzene rings is 1. The van der Waals surface area contributed by atoms with Gasteiger partial charge in [-0.3, -0.25) is 0 Å². The van der Waals surface area contributed by atoms with E-state index in [4.69, 9.17) is 4.42 Å². The summed E-state index contributed by atoms with van der Waals surface area (Å²) in [6, 6.07) is 11.5. The van der Waals surface area contributed by atoms with Gasteiger partial charge in [0.25, 0.3) is 6.01 Å². The van der Waals surface area contributed by atoms with Gasteiger partial charge >= 0.3 is 0 Å². The molecule has 0 spiro atoms. The van der Waals surface area contributed by atoms with Crippen LogP contribution in [0.25, 0.3) is 33.4 Å². The van der Waals surface area contributed by atoms with Gasteiger partial charge in [-0.05, 0) is 36.6 Å². The minimum Gasteiger partial charge on any atom is -0.420 e. The predicted octanol–water partition coefficient (Wildman–Crippen LogP) is 4.69. The zero-order valence-corrected chi connectivity index (χ0v) is 17.6. The maximum Gasteiger partial charge on any atom is 0.298 e. The molecule has 6 rings (SSSR count). The van der Waals surface area contributed by atoms with Gasteiger partial charge in [-0.15, -0.1) is 0 Å². The second-order valence-corrected chi connectivity index (χ2v) is 8.32. The van der Waals surface area contributed by atoms with Gasteiger partial charge in [-0.2, -0.15) is 10.2 Å². The number of hydrogen-bond acceptors (Lipinski definition) is 6. The van der Waals surface area contributed by atoms with Crippen molar-refractivity contribution in [3.05, 3.63) is 61.1 Å². The molecule has 1 aliphatic rings. The van der Waals surface area contributed by atoms with E-state index in [0.29, 0.717) is 24.5 Å². The summed E-state index contributed by atoms with van der Waals surface area (Å²) >= 11 is 0. The summed E-state index contributed by atoms with van der Waals surface area (Å²) in [5.74, 6) is -0.187. The highest BCUT2D eigenvalue weighted by Gasteiger charge is 2.33. The van der Waals surface area contributed by atoms with Crippen molar-refractivity contribution < 1.29 is 8.81 Å². The third-order valence-electron chi connectivity index (χ3n) is 6.42. The molecule has 2 atom stereocenters. The highest BCUT2D eigenvalue weighted by atomic mass is 19.1. The number of aromatic amines is 1. The number of halogens is 1. The lowest BCUT2D eigenvalue weighted by molar-refractivity contribution is 0.359. The Hall–Kier alpha value is -4.19. The van der Waals surface area contributed by atoms with Crippen LogP contribution in [0, 0.1) is 23.1 Å². The lowest BCUT2D eigenvalue weighted by atomic mass is 9.96. The minimum absolute atomic E-state index is 0.00147. The van der Waals surface area contributed by atoms with Crippen molar-refractivity contribution in [2.24, 2.45) is 5.92 Å². The predicted molar refractivity (Wildman–Crippen MR) is 121 cm³/mol. The molecular formula is C24H20FN7O. The number of fused-ring (bicyclic) bond motifs is 2. The van der Waals surface area contributed by atoms with Gasteiger partial charge in [0.05, 0.1) is 24.2 Å². The Kier molecular flexibility index (Phi) is 4.57. The van der Waals surface area contributed by atoms with E-state index in [1.165, 1.54) is 6.07 Å². The molecule has 9 heteroatoms. The van der Waals surface area contributed by atoms with E-state index in [1.807, 2.05) is 35.6 Å². The lowest BCUT2D eigenvalue weighted by Gasteiger charge is -2.23. The molecular weight excluding hydrogens is 421 g/mol. The van der Waals surface area contributed by atoms with Gasteiger partial charge in [-0.1, -0.05) is 6.07 Å². The van der Waals surface area contributed by atoms with Crippen molar-refractivity contribution in [2.75, 3.05) is 18.0 Å². The maximum absolute atomic E-state index is 14.0. The third-order valence-corrected chi connectivity index (χ3v) is 6.42. The number of H-pyrrole nitrogens is 1. The van der Waals surface area contributed by atoms with Gasteiger partial charge in [0, 0.05) is 42.6 Å². The van der Waals surface area contributed by atoms with Crippen LogP contribution in [0.15, 0.2) is 59.7 Å². The second-order valence-electron chi connectivity index (χ2n) is 8.32. The molecule has 4 aromatic heterocycles. The number of hydrogen-bond donors (Lipinski definition) is 1. The number of aromatic nitrogens is 5. The van der Waals surface area contributed by atoms with Gasteiger partial charge in [0.2, 0.25) is 0 Å². The molecule has 1 saturated heterocycles. The van der Waals surface area contributed by atoms with Crippen molar-refractivity contribution in [3.8, 4) is 17.3 Å². The van der Waals surface area contributed by atoms with Crippen LogP contribution in [-0.4, -0.2) is 37.6 Å². The van der Waals surface area contributed by atoms with Gasteiger partial charge in [0.1, 0.15) is 17.5 Å². The first kappa shape index (κ1) is 19.5. The van der Waals surface area contributed by atoms with E-state index in [0.717, 1.165) is 35.3 Å². The van der Waals surface area contributed by atoms with Crippen molar-refractivity contribution in [3.63, 3.8) is 0 Å². The van der Waals surface area contributed by atoms with Crippen LogP contribution in [0.5, 0.6) is 0 Å². The van der Waals surface area contributed by atoms with E-state index < -0.39 is 5.82 Å². The van der Waals surface area contributed by atoms with Gasteiger partial charge in [0.15, 0.2) is 11.4 Å². The number of anilines is 1. The van der Waals surface area contributed by atoms with Gasteiger partial charge < -0.3 is 18.9 Å². The van der Waals surface area contributed by atoms with Crippen LogP contribution in [-0.2, 0) is 0 Å². The molecule has 8 nitrogen and oxygen atoms in total. The Labute approximate surface area is 188 Å². The van der Waals surface area contributed by atoms with Crippen LogP contribution >= 0.6 is 0 Å². The number of nitrogens with zero attached hydrogens (tertiary/aromatic N) is 6. The zero-order valence-electron chi connectivity index (χ0n) is 17.6. The molecule has 33 heavy (non-hydrogen) atoms. The molecule has 1 fully saturated rings. The first-order chi connectivity index (χ1) is 16.2. The van der Waals surface area contributed by atoms with Crippen LogP contribution in [0.4, 0.5) is 10.4 Å². The highest BCUT2D eigenvalue weighted by molar-refractivity contribution is 5.90. The first-order valence-corrected chi connectivity index (χ1v) is 10.8. The first-order valence-electron chi connectivity index (χ1n) is 10.8. The number of rotatable bonds is 5. The molecule has 1 aromatic carbocycles. The summed E-state index contributed by atoms with van der Waals surface area (Å²) in [7, 11) is 0. The van der Waals surface area contributed by atoms with Gasteiger partial charge in [-0.25, -0.2) is 14.4 Å². The molecule has 0 saturated carbocycles. The molecule has 2 unspecified atom stereocenters. The molecule has 0 radical (unpaired) electrons. The second kappa shape index (κ2) is 7.74. The number of para-hydroxylation sites is 1. The average molecular weight is 441 g/mol. The molecule has 1 N–H and O–H groups in total. The van der Waals surface area contributed by atoms with E-state index in [-0.39, 0.29) is 17.5 Å². The summed E-state index contributed by atoms with van der Waals surface area (Å²) in [5.41, 5.74) is 3.33. The van der Waals surface area contributed by atoms with E-state index in [2.05, 4.69) is 30.6 Å². The number of nitrogens with one attached hydrogen (secondary N) is 1. The molecule has 1 aliphatic heterocycles. The fourth-order valence-electron chi connectivity index (χ4n) is 4.78. The molecule has 0 bridgehead atoms. The summed E-state index contributed by atoms with van der Waals surface area (Å²) < 4.78 is 21.9. The Morgan fingerprint density at radius 1 is 1.27 bits per heavy atom. The third kappa shape index (κ3) is 3.31. The Balaban J connectivity index is 1.27. The van der Waals surface area contributed by atoms with Crippen LogP contribution in [0.1, 0.15) is 18.9 Å².